The normalized spacial score (nSPS) is 13.5. The van der Waals surface area contributed by atoms with Crippen LogP contribution < -0.4 is 11.1 Å². The van der Waals surface area contributed by atoms with Gasteiger partial charge in [0.15, 0.2) is 11.5 Å². The molecule has 2 aromatic carbocycles. The lowest BCUT2D eigenvalue weighted by Gasteiger charge is -2.32. The van der Waals surface area contributed by atoms with Gasteiger partial charge in [0, 0.05) is 54.3 Å². The number of fused-ring (bicyclic) bond motifs is 1. The van der Waals surface area contributed by atoms with Crippen LogP contribution in [0.4, 0.5) is 11.6 Å². The van der Waals surface area contributed by atoms with E-state index in [1.165, 1.54) is 5.56 Å². The number of nitrogen functional groups attached to an aromatic ring is 1. The Bertz CT molecular complexity index is 2010. The van der Waals surface area contributed by atoms with E-state index in [2.05, 4.69) is 49.4 Å². The van der Waals surface area contributed by atoms with E-state index in [1.54, 1.807) is 18.5 Å². The lowest BCUT2D eigenvalue weighted by Crippen LogP contribution is -2.38. The molecule has 1 saturated heterocycles. The van der Waals surface area contributed by atoms with Crippen LogP contribution in [0.5, 0.6) is 0 Å². The minimum absolute atomic E-state index is 0.179. The van der Waals surface area contributed by atoms with E-state index in [0.717, 1.165) is 66.1 Å². The summed E-state index contributed by atoms with van der Waals surface area (Å²) in [6, 6.07) is 28.1. The number of nitrogens with zero attached hydrogens (tertiary/aromatic N) is 8. The number of nitrogens with one attached hydrogen (secondary N) is 1. The monoisotopic (exact) mass is 642 g/mol. The van der Waals surface area contributed by atoms with Gasteiger partial charge in [-0.2, -0.15) is 5.26 Å². The van der Waals surface area contributed by atoms with Crippen molar-refractivity contribution in [3.05, 3.63) is 108 Å². The number of nitrogens with two attached hydrogens (primary N) is 1. The number of pyridine rings is 2. The summed E-state index contributed by atoms with van der Waals surface area (Å²) in [7, 11) is 0. The fourth-order valence-electron chi connectivity index (χ4n) is 5.72. The molecule has 11 heteroatoms. The molecule has 3 N–H and O–H groups in total. The van der Waals surface area contributed by atoms with Gasteiger partial charge in [-0.3, -0.25) is 9.47 Å². The second kappa shape index (κ2) is 14.4. The molecule has 6 aromatic rings. The summed E-state index contributed by atoms with van der Waals surface area (Å²) in [5.41, 5.74) is 12.5. The van der Waals surface area contributed by atoms with Gasteiger partial charge in [-0.1, -0.05) is 49.7 Å². The third-order valence-corrected chi connectivity index (χ3v) is 8.27. The van der Waals surface area contributed by atoms with Crippen molar-refractivity contribution >= 4 is 34.4 Å². The van der Waals surface area contributed by atoms with Crippen LogP contribution in [0.1, 0.15) is 38.1 Å². The van der Waals surface area contributed by atoms with Crippen LogP contribution in [-0.4, -0.2) is 53.5 Å². The molecule has 10 nitrogen and oxygen atoms in total. The number of aromatic nitrogens is 6. The average molecular weight is 643 g/mol. The first-order chi connectivity index (χ1) is 23.0. The molecule has 5 heterocycles. The maximum absolute atomic E-state index is 9.07. The Morgan fingerprint density at radius 1 is 0.894 bits per heavy atom. The fourth-order valence-corrected chi connectivity index (χ4v) is 5.84. The molecule has 0 unspecified atom stereocenters. The molecule has 0 radical (unpaired) electrons. The van der Waals surface area contributed by atoms with Crippen molar-refractivity contribution in [1.29, 1.82) is 5.26 Å². The lowest BCUT2D eigenvalue weighted by molar-refractivity contribution is 0.211. The molecular weight excluding hydrogens is 608 g/mol. The number of imidazole rings is 1. The molecule has 0 bridgehead atoms. The Balaban J connectivity index is 0.00000190. The van der Waals surface area contributed by atoms with Gasteiger partial charge in [0.1, 0.15) is 23.2 Å². The maximum atomic E-state index is 9.07. The largest absolute Gasteiger partial charge is 0.383 e. The van der Waals surface area contributed by atoms with Gasteiger partial charge in [-0.05, 0) is 73.0 Å². The molecule has 7 rings (SSSR count). The number of halogens is 1. The number of likely N-dealkylation sites (tertiary alicyclic amines) is 1. The van der Waals surface area contributed by atoms with Gasteiger partial charge in [-0.15, -0.1) is 0 Å². The zero-order valence-electron chi connectivity index (χ0n) is 26.3. The zero-order valence-corrected chi connectivity index (χ0v) is 27.1. The van der Waals surface area contributed by atoms with Gasteiger partial charge in [0.05, 0.1) is 11.3 Å². The molecule has 4 aromatic heterocycles. The van der Waals surface area contributed by atoms with Gasteiger partial charge in [-0.25, -0.2) is 24.9 Å². The SMILES string of the molecule is CC.N#Cc1nccc(NC2CCN(Cc3ccc(-n4c(-c5cccnc5N)nc5ccc(-c6ccc(Cl)cc6)nc54)cc3)CC2)n1. The highest BCUT2D eigenvalue weighted by Gasteiger charge is 2.21. The summed E-state index contributed by atoms with van der Waals surface area (Å²) in [4.78, 5) is 25.0. The second-order valence-electron chi connectivity index (χ2n) is 11.0. The van der Waals surface area contributed by atoms with E-state index < -0.39 is 0 Å². The van der Waals surface area contributed by atoms with Gasteiger partial charge < -0.3 is 11.1 Å². The molecule has 1 aliphatic heterocycles. The Kier molecular flexibility index (Phi) is 9.67. The first kappa shape index (κ1) is 31.6. The van der Waals surface area contributed by atoms with Crippen LogP contribution in [0.3, 0.4) is 0 Å². The number of hydrogen-bond acceptors (Lipinski definition) is 9. The number of nitriles is 1. The van der Waals surface area contributed by atoms with Crippen LogP contribution in [0, 0.1) is 11.3 Å². The first-order valence-electron chi connectivity index (χ1n) is 15.7. The highest BCUT2D eigenvalue weighted by Crippen LogP contribution is 2.32. The fraction of sp³-hybridized carbons (Fsp3) is 0.222. The number of hydrogen-bond donors (Lipinski definition) is 2. The summed E-state index contributed by atoms with van der Waals surface area (Å²) in [5, 5.41) is 13.2. The highest BCUT2D eigenvalue weighted by molar-refractivity contribution is 6.30. The van der Waals surface area contributed by atoms with Crippen LogP contribution in [0.2, 0.25) is 5.02 Å². The molecule has 47 heavy (non-hydrogen) atoms. The smallest absolute Gasteiger partial charge is 0.234 e. The average Bonchev–Trinajstić information content (AvgIpc) is 3.49. The summed E-state index contributed by atoms with van der Waals surface area (Å²) in [6.07, 6.45) is 5.27. The summed E-state index contributed by atoms with van der Waals surface area (Å²) in [5.74, 6) is 1.97. The molecule has 1 fully saturated rings. The lowest BCUT2D eigenvalue weighted by atomic mass is 10.0. The van der Waals surface area contributed by atoms with E-state index in [9.17, 15) is 0 Å². The van der Waals surface area contributed by atoms with Crippen LogP contribution in [0.15, 0.2) is 91.3 Å². The topological polar surface area (TPSA) is 134 Å². The van der Waals surface area contributed by atoms with Crippen molar-refractivity contribution < 1.29 is 0 Å². The van der Waals surface area contributed by atoms with Crippen molar-refractivity contribution in [2.24, 2.45) is 0 Å². The number of piperidine rings is 1. The number of benzene rings is 2. The molecule has 1 aliphatic rings. The summed E-state index contributed by atoms with van der Waals surface area (Å²) >= 11 is 6.13. The quantitative estimate of drug-likeness (QED) is 0.186. The predicted octanol–water partition coefficient (Wildman–Crippen LogP) is 7.15. The Hall–Kier alpha value is -5.37. The molecular formula is C36H35ClN10. The van der Waals surface area contributed by atoms with E-state index >= 15 is 0 Å². The van der Waals surface area contributed by atoms with Crippen molar-refractivity contribution in [3.8, 4) is 34.4 Å². The molecule has 0 amide bonds. The van der Waals surface area contributed by atoms with E-state index in [1.807, 2.05) is 73.0 Å². The van der Waals surface area contributed by atoms with E-state index in [0.29, 0.717) is 28.5 Å². The highest BCUT2D eigenvalue weighted by atomic mass is 35.5. The van der Waals surface area contributed by atoms with Crippen molar-refractivity contribution in [3.63, 3.8) is 0 Å². The van der Waals surface area contributed by atoms with Crippen molar-refractivity contribution in [2.45, 2.75) is 39.3 Å². The minimum Gasteiger partial charge on any atom is -0.383 e. The molecule has 0 saturated carbocycles. The van der Waals surface area contributed by atoms with Gasteiger partial charge in [0.25, 0.3) is 0 Å². The van der Waals surface area contributed by atoms with Gasteiger partial charge in [0.2, 0.25) is 5.82 Å². The van der Waals surface area contributed by atoms with Crippen LogP contribution in [-0.2, 0) is 6.54 Å². The molecule has 0 aliphatic carbocycles. The summed E-state index contributed by atoms with van der Waals surface area (Å²) in [6.45, 7) is 6.78. The molecule has 0 spiro atoms. The number of anilines is 2. The maximum Gasteiger partial charge on any atom is 0.234 e. The minimum atomic E-state index is 0.179. The van der Waals surface area contributed by atoms with Gasteiger partial charge >= 0.3 is 0 Å². The molecule has 236 valence electrons. The zero-order chi connectivity index (χ0) is 32.8. The van der Waals surface area contributed by atoms with Crippen molar-refractivity contribution in [2.75, 3.05) is 24.1 Å². The second-order valence-corrected chi connectivity index (χ2v) is 11.4. The number of rotatable bonds is 7. The van der Waals surface area contributed by atoms with Crippen LogP contribution >= 0.6 is 11.6 Å². The third-order valence-electron chi connectivity index (χ3n) is 8.02. The Labute approximate surface area is 278 Å². The first-order valence-corrected chi connectivity index (χ1v) is 16.1. The van der Waals surface area contributed by atoms with Crippen LogP contribution in [0.25, 0.3) is 39.5 Å². The standard InChI is InChI=1S/C34H29ClN10.C2H6/c35-24-7-5-23(6-8-24)28-11-12-29-34(41-28)45(33(42-29)27-2-1-16-39-32(27)37)26-9-3-22(4-10-26)21-44-18-14-25(15-19-44)40-30-13-17-38-31(20-36)43-30;1-2/h1-13,16-17,25H,14-15,18-19,21H2,(H2,37,39)(H,38,40,43);1-2H3. The predicted molar refractivity (Wildman–Crippen MR) is 187 cm³/mol. The summed E-state index contributed by atoms with van der Waals surface area (Å²) < 4.78 is 2.05. The Morgan fingerprint density at radius 2 is 1.66 bits per heavy atom. The molecule has 0 atom stereocenters. The van der Waals surface area contributed by atoms with E-state index in [4.69, 9.17) is 32.6 Å². The Morgan fingerprint density at radius 3 is 2.38 bits per heavy atom. The van der Waals surface area contributed by atoms with Crippen molar-refractivity contribution in [1.82, 2.24) is 34.4 Å². The third kappa shape index (κ3) is 7.07. The van der Waals surface area contributed by atoms with E-state index in [-0.39, 0.29) is 5.82 Å².